The molecule has 9 heteroatoms. The summed E-state index contributed by atoms with van der Waals surface area (Å²) in [5.74, 6) is -3.70. The van der Waals surface area contributed by atoms with Crippen molar-refractivity contribution in [1.29, 1.82) is 0 Å². The normalized spacial score (nSPS) is 23.6. The van der Waals surface area contributed by atoms with Crippen LogP contribution in [-0.2, 0) is 0 Å². The number of β-amino-alcohol motifs (C(OH)–C–C–N with tert-alkyl or cyclic N) is 1. The molecule has 4 N–H and O–H groups in total. The van der Waals surface area contributed by atoms with E-state index < -0.39 is 40.2 Å². The van der Waals surface area contributed by atoms with Gasteiger partial charge in [-0.1, -0.05) is 6.07 Å². The number of aryl methyl sites for hydroxylation is 1. The molecule has 2 aliphatic rings. The summed E-state index contributed by atoms with van der Waals surface area (Å²) in [7, 11) is 0. The zero-order valence-corrected chi connectivity index (χ0v) is 19.3. The first-order chi connectivity index (χ1) is 16.0. The van der Waals surface area contributed by atoms with Crippen LogP contribution in [0.15, 0.2) is 30.3 Å². The zero-order chi connectivity index (χ0) is 24.7. The molecular weight excluding hydrogens is 447 g/mol. The van der Waals surface area contributed by atoms with Crippen molar-refractivity contribution in [2.75, 3.05) is 25.0 Å². The first-order valence-corrected chi connectivity index (χ1v) is 11.5. The summed E-state index contributed by atoms with van der Waals surface area (Å²) in [5.41, 5.74) is -1.91. The number of likely N-dealkylation sites (tertiary alicyclic amines) is 1. The number of nitrogens with zero attached hydrogens (tertiary/aromatic N) is 1. The molecule has 1 saturated carbocycles. The Morgan fingerprint density at radius 1 is 1.15 bits per heavy atom. The van der Waals surface area contributed by atoms with Crippen LogP contribution in [0.1, 0.15) is 48.5 Å². The molecule has 2 fully saturated rings. The quantitative estimate of drug-likeness (QED) is 0.490. The number of carbonyl (C=O) groups excluding carboxylic acids is 1. The highest BCUT2D eigenvalue weighted by molar-refractivity contribution is 6.01. The van der Waals surface area contributed by atoms with Gasteiger partial charge in [0.25, 0.3) is 5.91 Å². The van der Waals surface area contributed by atoms with E-state index in [0.717, 1.165) is 31.4 Å². The zero-order valence-electron chi connectivity index (χ0n) is 19.3. The number of amides is 1. The van der Waals surface area contributed by atoms with Gasteiger partial charge in [0.05, 0.1) is 35.6 Å². The van der Waals surface area contributed by atoms with Crippen molar-refractivity contribution in [1.82, 2.24) is 10.2 Å². The van der Waals surface area contributed by atoms with Crippen molar-refractivity contribution in [3.8, 4) is 0 Å². The third kappa shape index (κ3) is 4.92. The molecular formula is C25H30F3N3O3. The molecule has 1 heterocycles. The maximum atomic E-state index is 14.6. The van der Waals surface area contributed by atoms with Crippen LogP contribution >= 0.6 is 0 Å². The number of aliphatic hydroxyl groups is 2. The molecule has 4 rings (SSSR count). The number of halogens is 3. The third-order valence-electron chi connectivity index (χ3n) is 6.87. The largest absolute Gasteiger partial charge is 0.389 e. The second kappa shape index (κ2) is 9.20. The van der Waals surface area contributed by atoms with Crippen LogP contribution in [0.2, 0.25) is 0 Å². The van der Waals surface area contributed by atoms with Crippen LogP contribution in [0.3, 0.4) is 0 Å². The first-order valence-electron chi connectivity index (χ1n) is 11.5. The molecule has 2 aromatic carbocycles. The summed E-state index contributed by atoms with van der Waals surface area (Å²) < 4.78 is 42.8. The molecule has 2 unspecified atom stereocenters. The van der Waals surface area contributed by atoms with E-state index >= 15 is 0 Å². The molecule has 6 nitrogen and oxygen atoms in total. The number of nitrogens with one attached hydrogen (secondary N) is 2. The van der Waals surface area contributed by atoms with Gasteiger partial charge in [-0.25, -0.2) is 13.2 Å². The van der Waals surface area contributed by atoms with E-state index in [1.54, 1.807) is 19.9 Å². The minimum Gasteiger partial charge on any atom is -0.389 e. The van der Waals surface area contributed by atoms with Crippen molar-refractivity contribution in [3.63, 3.8) is 0 Å². The monoisotopic (exact) mass is 477 g/mol. The predicted molar refractivity (Wildman–Crippen MR) is 123 cm³/mol. The average Bonchev–Trinajstić information content (AvgIpc) is 3.09. The Hall–Kier alpha value is -2.62. The standard InChI is InChI=1S/C25H30F3N3O3/c1-15-5-8-19(18(27)12-15)30-22-16(6-7-17(26)21(22)28)23(32)31-13-25(34,14-31)10-11-29-20-4-3-9-24(20,2)33/h5-8,12,20,29-30,33-34H,3-4,9-11,13-14H2,1-2H3. The molecule has 0 spiro atoms. The van der Waals surface area contributed by atoms with Gasteiger partial charge in [-0.3, -0.25) is 4.79 Å². The van der Waals surface area contributed by atoms with E-state index in [-0.39, 0.29) is 30.4 Å². The second-order valence-electron chi connectivity index (χ2n) is 9.78. The van der Waals surface area contributed by atoms with E-state index in [9.17, 15) is 28.2 Å². The highest BCUT2D eigenvalue weighted by atomic mass is 19.2. The van der Waals surface area contributed by atoms with Crippen molar-refractivity contribution < 1.29 is 28.2 Å². The van der Waals surface area contributed by atoms with Crippen LogP contribution < -0.4 is 10.6 Å². The fraction of sp³-hybridized carbons (Fsp3) is 0.480. The smallest absolute Gasteiger partial charge is 0.256 e. The summed E-state index contributed by atoms with van der Waals surface area (Å²) in [6, 6.07) is 6.21. The fourth-order valence-corrected chi connectivity index (χ4v) is 4.79. The van der Waals surface area contributed by atoms with Gasteiger partial charge in [0.2, 0.25) is 0 Å². The van der Waals surface area contributed by atoms with Crippen LogP contribution in [-0.4, -0.2) is 57.9 Å². The molecule has 1 aliphatic carbocycles. The van der Waals surface area contributed by atoms with Gasteiger partial charge in [-0.15, -0.1) is 0 Å². The Kier molecular flexibility index (Phi) is 6.63. The topological polar surface area (TPSA) is 84.8 Å². The third-order valence-corrected chi connectivity index (χ3v) is 6.87. The van der Waals surface area contributed by atoms with E-state index in [2.05, 4.69) is 10.6 Å². The van der Waals surface area contributed by atoms with Crippen molar-refractivity contribution in [3.05, 3.63) is 58.9 Å². The Labute approximate surface area is 196 Å². The highest BCUT2D eigenvalue weighted by Gasteiger charge is 2.44. The Morgan fingerprint density at radius 3 is 2.53 bits per heavy atom. The number of carbonyl (C=O) groups is 1. The molecule has 1 aliphatic heterocycles. The maximum Gasteiger partial charge on any atom is 0.256 e. The lowest BCUT2D eigenvalue weighted by atomic mass is 9.89. The number of benzene rings is 2. The van der Waals surface area contributed by atoms with E-state index in [0.29, 0.717) is 18.5 Å². The van der Waals surface area contributed by atoms with Gasteiger partial charge in [-0.2, -0.15) is 0 Å². The molecule has 2 aromatic rings. The van der Waals surface area contributed by atoms with Gasteiger partial charge < -0.3 is 25.7 Å². The molecule has 0 bridgehead atoms. The lowest BCUT2D eigenvalue weighted by molar-refractivity contribution is -0.0861. The average molecular weight is 478 g/mol. The van der Waals surface area contributed by atoms with Crippen LogP contribution in [0.5, 0.6) is 0 Å². The molecule has 1 amide bonds. The van der Waals surface area contributed by atoms with Crippen LogP contribution in [0.4, 0.5) is 24.5 Å². The lowest BCUT2D eigenvalue weighted by Gasteiger charge is -2.47. The lowest BCUT2D eigenvalue weighted by Crippen LogP contribution is -2.64. The first kappa shape index (κ1) is 24.5. The Morgan fingerprint density at radius 2 is 1.88 bits per heavy atom. The number of rotatable bonds is 7. The predicted octanol–water partition coefficient (Wildman–Crippen LogP) is 3.63. The molecule has 0 radical (unpaired) electrons. The van der Waals surface area contributed by atoms with Crippen LogP contribution in [0.25, 0.3) is 0 Å². The van der Waals surface area contributed by atoms with E-state index in [4.69, 9.17) is 0 Å². The Balaban J connectivity index is 1.42. The minimum absolute atomic E-state index is 0.0336. The molecule has 2 atom stereocenters. The SMILES string of the molecule is Cc1ccc(Nc2c(C(=O)N3CC(O)(CCNC4CCCC4(C)O)C3)ccc(F)c2F)c(F)c1. The van der Waals surface area contributed by atoms with Crippen LogP contribution in [0, 0.1) is 24.4 Å². The van der Waals surface area contributed by atoms with Crippen molar-refractivity contribution in [2.24, 2.45) is 0 Å². The summed E-state index contributed by atoms with van der Waals surface area (Å²) in [6.07, 6.45) is 2.91. The Bertz CT molecular complexity index is 1090. The van der Waals surface area contributed by atoms with Gasteiger partial charge in [-0.05, 0) is 75.9 Å². The highest BCUT2D eigenvalue weighted by Crippen LogP contribution is 2.33. The summed E-state index contributed by atoms with van der Waals surface area (Å²) >= 11 is 0. The van der Waals surface area contributed by atoms with Gasteiger partial charge in [0.15, 0.2) is 11.6 Å². The van der Waals surface area contributed by atoms with Gasteiger partial charge in [0.1, 0.15) is 11.4 Å². The number of hydrogen-bond acceptors (Lipinski definition) is 5. The molecule has 184 valence electrons. The van der Waals surface area contributed by atoms with Gasteiger partial charge in [0, 0.05) is 6.04 Å². The minimum atomic E-state index is -1.28. The van der Waals surface area contributed by atoms with Gasteiger partial charge >= 0.3 is 0 Å². The van der Waals surface area contributed by atoms with E-state index in [1.807, 2.05) is 0 Å². The van der Waals surface area contributed by atoms with E-state index in [1.165, 1.54) is 17.0 Å². The molecule has 0 aromatic heterocycles. The second-order valence-corrected chi connectivity index (χ2v) is 9.78. The summed E-state index contributed by atoms with van der Waals surface area (Å²) in [5, 5.41) is 26.9. The molecule has 34 heavy (non-hydrogen) atoms. The van der Waals surface area contributed by atoms with Crippen molar-refractivity contribution in [2.45, 2.75) is 56.8 Å². The maximum absolute atomic E-state index is 14.6. The molecule has 1 saturated heterocycles. The number of hydrogen-bond donors (Lipinski definition) is 4. The summed E-state index contributed by atoms with van der Waals surface area (Å²) in [6.45, 7) is 4.04. The number of anilines is 2. The van der Waals surface area contributed by atoms with Crippen molar-refractivity contribution >= 4 is 17.3 Å². The fourth-order valence-electron chi connectivity index (χ4n) is 4.79. The summed E-state index contributed by atoms with van der Waals surface area (Å²) in [4.78, 5) is 14.4.